The molecule has 0 nitrogen and oxygen atoms in total. The van der Waals surface area contributed by atoms with Gasteiger partial charge in [-0.25, -0.2) is 0 Å². The summed E-state index contributed by atoms with van der Waals surface area (Å²) >= 11 is 0. The highest BCUT2D eigenvalue weighted by Gasteiger charge is 2.13. The van der Waals surface area contributed by atoms with Crippen LogP contribution in [0.15, 0.2) is 0 Å². The van der Waals surface area contributed by atoms with Crippen LogP contribution in [0.25, 0.3) is 0 Å². The Hall–Kier alpha value is 0. The lowest BCUT2D eigenvalue weighted by Crippen LogP contribution is -2.13. The molecule has 0 aromatic rings. The smallest absolute Gasteiger partial charge is 0.0371 e. The molecule has 0 aromatic carbocycles. The highest BCUT2D eigenvalue weighted by Crippen LogP contribution is 2.22. The van der Waals surface area contributed by atoms with E-state index in [1.807, 2.05) is 0 Å². The molecule has 0 rings (SSSR count). The second kappa shape index (κ2) is 3.92. The van der Waals surface area contributed by atoms with Gasteiger partial charge in [-0.2, -0.15) is 0 Å². The molecule has 0 saturated heterocycles. The van der Waals surface area contributed by atoms with Gasteiger partial charge in [0.25, 0.3) is 0 Å². The van der Waals surface area contributed by atoms with E-state index in [2.05, 4.69) is 34.6 Å². The van der Waals surface area contributed by atoms with Crippen LogP contribution in [0.4, 0.5) is 0 Å². The Labute approximate surface area is 59.7 Å². The molecule has 0 aliphatic rings. The predicted octanol–water partition coefficient (Wildman–Crippen LogP) is 3.32. The van der Waals surface area contributed by atoms with Crippen molar-refractivity contribution in [2.24, 2.45) is 17.8 Å². The molecular weight excluding hydrogens is 108 g/mol. The second-order valence-corrected chi connectivity index (χ2v) is 3.56. The van der Waals surface area contributed by atoms with Crippen LogP contribution in [0.1, 0.15) is 41.0 Å². The standard InChI is InChI=1S/C9H20/c1-6-9(7(2)3)8(4)5/h7-9H,6H2,1-5H3. The maximum absolute atomic E-state index is 2.31. The van der Waals surface area contributed by atoms with Crippen molar-refractivity contribution in [2.45, 2.75) is 41.0 Å². The first-order chi connectivity index (χ1) is 4.09. The molecule has 0 atom stereocenters. The molecular formula is C9H20. The molecule has 0 radical (unpaired) electrons. The van der Waals surface area contributed by atoms with Crippen LogP contribution >= 0.6 is 0 Å². The van der Waals surface area contributed by atoms with E-state index in [-0.39, 0.29) is 0 Å². The molecule has 0 heterocycles. The molecule has 0 fully saturated rings. The number of rotatable bonds is 3. The average Bonchev–Trinajstić information content (AvgIpc) is 1.64. The molecule has 0 aliphatic carbocycles. The largest absolute Gasteiger partial charge is 0.0651 e. The third-order valence-electron chi connectivity index (χ3n) is 2.18. The number of hydrogen-bond donors (Lipinski definition) is 0. The van der Waals surface area contributed by atoms with Gasteiger partial charge in [-0.15, -0.1) is 0 Å². The van der Waals surface area contributed by atoms with Gasteiger partial charge in [0.1, 0.15) is 0 Å². The van der Waals surface area contributed by atoms with Crippen LogP contribution in [0.3, 0.4) is 0 Å². The van der Waals surface area contributed by atoms with Gasteiger partial charge in [-0.05, 0) is 17.8 Å². The van der Waals surface area contributed by atoms with Gasteiger partial charge in [-0.3, -0.25) is 0 Å². The molecule has 0 saturated carbocycles. The van der Waals surface area contributed by atoms with Gasteiger partial charge in [0.05, 0.1) is 0 Å². The van der Waals surface area contributed by atoms with E-state index in [4.69, 9.17) is 0 Å². The van der Waals surface area contributed by atoms with Gasteiger partial charge in [0.2, 0.25) is 0 Å². The van der Waals surface area contributed by atoms with Crippen molar-refractivity contribution in [1.82, 2.24) is 0 Å². The first-order valence-corrected chi connectivity index (χ1v) is 4.09. The summed E-state index contributed by atoms with van der Waals surface area (Å²) in [6.07, 6.45) is 1.33. The summed E-state index contributed by atoms with van der Waals surface area (Å²) in [5, 5.41) is 0. The minimum absolute atomic E-state index is 0.856. The fourth-order valence-corrected chi connectivity index (χ4v) is 1.71. The van der Waals surface area contributed by atoms with Crippen molar-refractivity contribution in [1.29, 1.82) is 0 Å². The second-order valence-electron chi connectivity index (χ2n) is 3.56. The lowest BCUT2D eigenvalue weighted by Gasteiger charge is -2.22. The third kappa shape index (κ3) is 2.88. The fourth-order valence-electron chi connectivity index (χ4n) is 1.71. The van der Waals surface area contributed by atoms with E-state index >= 15 is 0 Å². The molecule has 0 unspecified atom stereocenters. The first-order valence-electron chi connectivity index (χ1n) is 4.09. The first kappa shape index (κ1) is 9.00. The van der Waals surface area contributed by atoms with Gasteiger partial charge < -0.3 is 0 Å². The zero-order chi connectivity index (χ0) is 7.44. The summed E-state index contributed by atoms with van der Waals surface area (Å²) in [7, 11) is 0. The Kier molecular flexibility index (Phi) is 3.92. The summed E-state index contributed by atoms with van der Waals surface area (Å²) in [6.45, 7) is 11.5. The molecule has 56 valence electrons. The molecule has 0 amide bonds. The maximum Gasteiger partial charge on any atom is -0.0371 e. The summed E-state index contributed by atoms with van der Waals surface area (Å²) in [4.78, 5) is 0. The summed E-state index contributed by atoms with van der Waals surface area (Å²) < 4.78 is 0. The van der Waals surface area contributed by atoms with Crippen LogP contribution < -0.4 is 0 Å². The van der Waals surface area contributed by atoms with Gasteiger partial charge in [0.15, 0.2) is 0 Å². The predicted molar refractivity (Wildman–Crippen MR) is 43.5 cm³/mol. The Morgan fingerprint density at radius 2 is 1.22 bits per heavy atom. The van der Waals surface area contributed by atoms with Gasteiger partial charge >= 0.3 is 0 Å². The van der Waals surface area contributed by atoms with E-state index in [1.165, 1.54) is 6.42 Å². The lowest BCUT2D eigenvalue weighted by molar-refractivity contribution is 0.279. The highest BCUT2D eigenvalue weighted by molar-refractivity contribution is 4.63. The maximum atomic E-state index is 2.31. The van der Waals surface area contributed by atoms with Crippen molar-refractivity contribution in [2.75, 3.05) is 0 Å². The zero-order valence-corrected chi connectivity index (χ0v) is 7.44. The fraction of sp³-hybridized carbons (Fsp3) is 1.00. The van der Waals surface area contributed by atoms with E-state index in [0.717, 1.165) is 17.8 Å². The van der Waals surface area contributed by atoms with Crippen molar-refractivity contribution < 1.29 is 0 Å². The Bertz CT molecular complexity index is 54.4. The zero-order valence-electron chi connectivity index (χ0n) is 7.44. The highest BCUT2D eigenvalue weighted by atomic mass is 14.2. The SMILES string of the molecule is CCC(C(C)C)C(C)C. The van der Waals surface area contributed by atoms with E-state index in [0.29, 0.717) is 0 Å². The normalized spacial score (nSPS) is 12.0. The van der Waals surface area contributed by atoms with Crippen molar-refractivity contribution in [3.8, 4) is 0 Å². The van der Waals surface area contributed by atoms with E-state index in [9.17, 15) is 0 Å². The van der Waals surface area contributed by atoms with Crippen molar-refractivity contribution in [3.05, 3.63) is 0 Å². The monoisotopic (exact) mass is 128 g/mol. The average molecular weight is 128 g/mol. The Balaban J connectivity index is 3.68. The summed E-state index contributed by atoms with van der Waals surface area (Å²) in [6, 6.07) is 0. The molecule has 0 bridgehead atoms. The molecule has 0 heteroatoms. The molecule has 0 aromatic heterocycles. The van der Waals surface area contributed by atoms with Crippen molar-refractivity contribution in [3.63, 3.8) is 0 Å². The van der Waals surface area contributed by atoms with E-state index in [1.54, 1.807) is 0 Å². The lowest BCUT2D eigenvalue weighted by atomic mass is 9.84. The van der Waals surface area contributed by atoms with Crippen LogP contribution in [-0.2, 0) is 0 Å². The quantitative estimate of drug-likeness (QED) is 0.547. The molecule has 0 N–H and O–H groups in total. The third-order valence-corrected chi connectivity index (χ3v) is 2.18. The summed E-state index contributed by atoms with van der Waals surface area (Å²) in [5.74, 6) is 2.63. The molecule has 9 heavy (non-hydrogen) atoms. The van der Waals surface area contributed by atoms with Gasteiger partial charge in [0, 0.05) is 0 Å². The number of hydrogen-bond acceptors (Lipinski definition) is 0. The van der Waals surface area contributed by atoms with Gasteiger partial charge in [-0.1, -0.05) is 41.0 Å². The van der Waals surface area contributed by atoms with Crippen LogP contribution in [0, 0.1) is 17.8 Å². The van der Waals surface area contributed by atoms with Crippen LogP contribution in [0.5, 0.6) is 0 Å². The van der Waals surface area contributed by atoms with E-state index < -0.39 is 0 Å². The minimum atomic E-state index is 0.856. The van der Waals surface area contributed by atoms with Crippen LogP contribution in [0.2, 0.25) is 0 Å². The minimum Gasteiger partial charge on any atom is -0.0651 e. The molecule has 0 spiro atoms. The Morgan fingerprint density at radius 1 is 0.889 bits per heavy atom. The Morgan fingerprint density at radius 3 is 1.22 bits per heavy atom. The summed E-state index contributed by atoms with van der Waals surface area (Å²) in [5.41, 5.74) is 0. The van der Waals surface area contributed by atoms with Crippen LogP contribution in [-0.4, -0.2) is 0 Å². The van der Waals surface area contributed by atoms with Crippen molar-refractivity contribution >= 4 is 0 Å². The molecule has 0 aliphatic heterocycles. The topological polar surface area (TPSA) is 0 Å².